The van der Waals surface area contributed by atoms with Crippen LogP contribution in [0.15, 0.2) is 12.2 Å². The summed E-state index contributed by atoms with van der Waals surface area (Å²) in [4.78, 5) is -2.82. The smallest absolute Gasteiger partial charge is 0.198 e. The molecule has 1 fully saturated rings. The minimum Gasteiger partial charge on any atom is -0.370 e. The quantitative estimate of drug-likeness (QED) is 0.537. The molecule has 1 saturated carbocycles. The lowest BCUT2D eigenvalue weighted by Gasteiger charge is -2.39. The molecule has 2 aliphatic carbocycles. The molecule has 4 atom stereocenters. The van der Waals surface area contributed by atoms with Gasteiger partial charge >= 0.3 is 0 Å². The summed E-state index contributed by atoms with van der Waals surface area (Å²) in [5, 5.41) is 6.97. The minimum absolute atomic E-state index is 0.879. The fourth-order valence-electron chi connectivity index (χ4n) is 1.75. The number of aliphatic hydroxyl groups is 1. The van der Waals surface area contributed by atoms with Crippen molar-refractivity contribution in [2.45, 2.75) is 24.5 Å². The number of hydrogen-bond acceptors (Lipinski definition) is 1. The molecule has 0 aliphatic heterocycles. The molecule has 1 nitrogen and oxygen atoms in total. The van der Waals surface area contributed by atoms with Crippen molar-refractivity contribution >= 4 is 69.6 Å². The standard InChI is InChI=1S/C7H4Cl6O/c8-3-4(9)1-2-5(3,10)7(13,14)6(4,11)12/h1-3,14H. The average molecular weight is 317 g/mol. The van der Waals surface area contributed by atoms with E-state index in [9.17, 15) is 5.11 Å². The third-order valence-electron chi connectivity index (χ3n) is 2.71. The molecular weight excluding hydrogens is 313 g/mol. The molecule has 4 unspecified atom stereocenters. The van der Waals surface area contributed by atoms with Crippen LogP contribution in [0.1, 0.15) is 0 Å². The van der Waals surface area contributed by atoms with Gasteiger partial charge < -0.3 is 5.11 Å². The highest BCUT2D eigenvalue weighted by molar-refractivity contribution is 6.63. The minimum atomic E-state index is -2.10. The van der Waals surface area contributed by atoms with Gasteiger partial charge in [-0.05, 0) is 0 Å². The highest BCUT2D eigenvalue weighted by Gasteiger charge is 2.82. The summed E-state index contributed by atoms with van der Waals surface area (Å²) in [5.41, 5.74) is 0. The second kappa shape index (κ2) is 2.81. The van der Waals surface area contributed by atoms with Gasteiger partial charge in [0, 0.05) is 0 Å². The molecular formula is C7H4Cl6O. The van der Waals surface area contributed by atoms with E-state index in [4.69, 9.17) is 69.6 Å². The van der Waals surface area contributed by atoms with Crippen molar-refractivity contribution in [2.75, 3.05) is 0 Å². The van der Waals surface area contributed by atoms with Crippen molar-refractivity contribution in [3.05, 3.63) is 12.2 Å². The second-order valence-corrected chi connectivity index (χ2v) is 6.99. The molecule has 2 aliphatic rings. The van der Waals surface area contributed by atoms with Crippen LogP contribution in [0.4, 0.5) is 0 Å². The Balaban J connectivity index is 2.69. The zero-order valence-corrected chi connectivity index (χ0v) is 11.0. The fraction of sp³-hybridized carbons (Fsp3) is 0.714. The van der Waals surface area contributed by atoms with Gasteiger partial charge in [0.15, 0.2) is 9.39 Å². The Morgan fingerprint density at radius 3 is 1.57 bits per heavy atom. The van der Waals surface area contributed by atoms with Gasteiger partial charge in [0.1, 0.15) is 9.75 Å². The number of allylic oxidation sites excluding steroid dienone is 1. The van der Waals surface area contributed by atoms with Crippen molar-refractivity contribution < 1.29 is 5.11 Å². The molecule has 0 aromatic rings. The number of halogens is 6. The molecule has 0 spiro atoms. The highest BCUT2D eigenvalue weighted by atomic mass is 35.5. The Kier molecular flexibility index (Phi) is 2.40. The molecule has 0 saturated heterocycles. The van der Waals surface area contributed by atoms with Crippen molar-refractivity contribution in [1.82, 2.24) is 0 Å². The molecule has 0 aromatic carbocycles. The molecule has 2 bridgehead atoms. The summed E-state index contributed by atoms with van der Waals surface area (Å²) in [5.74, 6) is 0. The molecule has 0 radical (unpaired) electrons. The van der Waals surface area contributed by atoms with E-state index < -0.39 is 24.5 Å². The van der Waals surface area contributed by atoms with Gasteiger partial charge in [-0.3, -0.25) is 0 Å². The van der Waals surface area contributed by atoms with E-state index >= 15 is 0 Å². The number of alkyl halides is 6. The van der Waals surface area contributed by atoms with Crippen LogP contribution >= 0.6 is 69.6 Å². The summed E-state index contributed by atoms with van der Waals surface area (Å²) in [6.07, 6.45) is 2.89. The summed E-state index contributed by atoms with van der Waals surface area (Å²) in [6.45, 7) is 0. The molecule has 0 amide bonds. The first-order valence-electron chi connectivity index (χ1n) is 3.62. The lowest BCUT2D eigenvalue weighted by atomic mass is 10.0. The van der Waals surface area contributed by atoms with Gasteiger partial charge in [-0.25, -0.2) is 0 Å². The van der Waals surface area contributed by atoms with Crippen LogP contribution in [0.5, 0.6) is 0 Å². The van der Waals surface area contributed by atoms with Crippen molar-refractivity contribution in [3.63, 3.8) is 0 Å². The van der Waals surface area contributed by atoms with Crippen LogP contribution in [-0.4, -0.2) is 29.6 Å². The third kappa shape index (κ3) is 0.924. The molecule has 14 heavy (non-hydrogen) atoms. The Morgan fingerprint density at radius 2 is 1.36 bits per heavy atom. The normalized spacial score (nSPS) is 59.5. The second-order valence-electron chi connectivity index (χ2n) is 3.43. The number of rotatable bonds is 0. The van der Waals surface area contributed by atoms with E-state index in [-0.39, 0.29) is 0 Å². The average Bonchev–Trinajstić information content (AvgIpc) is 2.34. The predicted octanol–water partition coefficient (Wildman–Crippen LogP) is 3.23. The van der Waals surface area contributed by atoms with Gasteiger partial charge in [0.05, 0.1) is 5.38 Å². The van der Waals surface area contributed by atoms with Gasteiger partial charge in [-0.1, -0.05) is 47.0 Å². The summed E-state index contributed by atoms with van der Waals surface area (Å²) < 4.78 is -1.84. The first kappa shape index (κ1) is 11.9. The lowest BCUT2D eigenvalue weighted by Crippen LogP contribution is -2.55. The first-order valence-corrected chi connectivity index (χ1v) is 5.95. The van der Waals surface area contributed by atoms with Crippen LogP contribution in [-0.2, 0) is 0 Å². The first-order chi connectivity index (χ1) is 6.11. The van der Waals surface area contributed by atoms with Crippen LogP contribution in [0.25, 0.3) is 0 Å². The maximum atomic E-state index is 9.96. The maximum absolute atomic E-state index is 9.96. The monoisotopic (exact) mass is 314 g/mol. The van der Waals surface area contributed by atoms with E-state index in [2.05, 4.69) is 0 Å². The zero-order chi connectivity index (χ0) is 11.0. The predicted molar refractivity (Wildman–Crippen MR) is 61.2 cm³/mol. The van der Waals surface area contributed by atoms with Gasteiger partial charge in [0.2, 0.25) is 0 Å². The van der Waals surface area contributed by atoms with Crippen molar-refractivity contribution in [2.24, 2.45) is 0 Å². The number of fused-ring (bicyclic) bond motifs is 2. The molecule has 1 N–H and O–H groups in total. The van der Waals surface area contributed by atoms with E-state index in [1.165, 1.54) is 12.2 Å². The maximum Gasteiger partial charge on any atom is 0.198 e. The Hall–Kier alpha value is 1.44. The number of hydrogen-bond donors (Lipinski definition) is 1. The van der Waals surface area contributed by atoms with E-state index in [0.717, 1.165) is 0 Å². The van der Waals surface area contributed by atoms with E-state index in [1.807, 2.05) is 0 Å². The van der Waals surface area contributed by atoms with Crippen LogP contribution in [0.2, 0.25) is 0 Å². The summed E-state index contributed by atoms with van der Waals surface area (Å²) in [7, 11) is 0. The fourth-order valence-corrected chi connectivity index (χ4v) is 4.32. The van der Waals surface area contributed by atoms with Crippen LogP contribution in [0, 0.1) is 0 Å². The Bertz CT molecular complexity index is 296. The molecule has 80 valence electrons. The van der Waals surface area contributed by atoms with Crippen LogP contribution in [0.3, 0.4) is 0 Å². The SMILES string of the molecule is OC1(Cl)C2(Cl)C=CC(Cl)(C2Cl)C1(Cl)Cl. The molecule has 0 heterocycles. The Morgan fingerprint density at radius 1 is 0.929 bits per heavy atom. The third-order valence-corrected chi connectivity index (χ3v) is 7.12. The highest BCUT2D eigenvalue weighted by Crippen LogP contribution is 2.70. The van der Waals surface area contributed by atoms with Crippen molar-refractivity contribution in [1.29, 1.82) is 0 Å². The Labute approximate surface area is 111 Å². The van der Waals surface area contributed by atoms with E-state index in [0.29, 0.717) is 0 Å². The van der Waals surface area contributed by atoms with E-state index in [1.54, 1.807) is 0 Å². The lowest BCUT2D eigenvalue weighted by molar-refractivity contribution is 0.106. The van der Waals surface area contributed by atoms with Crippen LogP contribution < -0.4 is 0 Å². The molecule has 7 heteroatoms. The summed E-state index contributed by atoms with van der Waals surface area (Å²) in [6, 6.07) is 0. The molecule has 0 aromatic heterocycles. The summed E-state index contributed by atoms with van der Waals surface area (Å²) >= 11 is 35.8. The molecule has 2 rings (SSSR count). The zero-order valence-electron chi connectivity index (χ0n) is 6.45. The van der Waals surface area contributed by atoms with Gasteiger partial charge in [-0.15, -0.1) is 34.8 Å². The van der Waals surface area contributed by atoms with Gasteiger partial charge in [-0.2, -0.15) is 0 Å². The van der Waals surface area contributed by atoms with Gasteiger partial charge in [0.25, 0.3) is 0 Å². The largest absolute Gasteiger partial charge is 0.370 e. The topological polar surface area (TPSA) is 20.2 Å². The van der Waals surface area contributed by atoms with Crippen molar-refractivity contribution in [3.8, 4) is 0 Å².